The maximum absolute atomic E-state index is 12.5. The van der Waals surface area contributed by atoms with Gasteiger partial charge in [0.1, 0.15) is 0 Å². The lowest BCUT2D eigenvalue weighted by Gasteiger charge is -2.37. The fourth-order valence-electron chi connectivity index (χ4n) is 3.00. The maximum Gasteiger partial charge on any atom is 0.241 e. The second-order valence-electron chi connectivity index (χ2n) is 6.29. The van der Waals surface area contributed by atoms with Crippen LogP contribution in [0.4, 0.5) is 11.6 Å². The Morgan fingerprint density at radius 1 is 1.12 bits per heavy atom. The van der Waals surface area contributed by atoms with Gasteiger partial charge in [0.05, 0.1) is 6.04 Å². The zero-order valence-corrected chi connectivity index (χ0v) is 14.9. The Morgan fingerprint density at radius 3 is 2.36 bits per heavy atom. The molecule has 6 nitrogen and oxygen atoms in total. The lowest BCUT2D eigenvalue weighted by atomic mass is 10.1. The molecule has 6 heteroatoms. The molecule has 0 saturated carbocycles. The van der Waals surface area contributed by atoms with Crippen LogP contribution < -0.4 is 10.2 Å². The second-order valence-corrected chi connectivity index (χ2v) is 6.29. The monoisotopic (exact) mass is 339 g/mol. The van der Waals surface area contributed by atoms with Crippen LogP contribution in [0.1, 0.15) is 19.4 Å². The third-order valence-electron chi connectivity index (χ3n) is 4.71. The number of nitrogens with one attached hydrogen (secondary N) is 1. The summed E-state index contributed by atoms with van der Waals surface area (Å²) in [6.07, 6.45) is 4.52. The fraction of sp³-hybridized carbons (Fsp3) is 0.421. The molecule has 1 aromatic heterocycles. The summed E-state index contributed by atoms with van der Waals surface area (Å²) in [4.78, 5) is 25.5. The van der Waals surface area contributed by atoms with Gasteiger partial charge in [-0.15, -0.1) is 0 Å². The quantitative estimate of drug-likeness (QED) is 0.905. The van der Waals surface area contributed by atoms with Crippen molar-refractivity contribution >= 4 is 17.5 Å². The fourth-order valence-corrected chi connectivity index (χ4v) is 3.00. The first-order chi connectivity index (χ1) is 12.2. The van der Waals surface area contributed by atoms with Gasteiger partial charge in [-0.1, -0.05) is 19.1 Å². The minimum Gasteiger partial charge on any atom is -0.338 e. The largest absolute Gasteiger partial charge is 0.338 e. The molecule has 1 amide bonds. The van der Waals surface area contributed by atoms with E-state index in [1.165, 1.54) is 5.56 Å². The van der Waals surface area contributed by atoms with Crippen molar-refractivity contribution in [2.75, 3.05) is 36.4 Å². The van der Waals surface area contributed by atoms with Gasteiger partial charge in [-0.3, -0.25) is 9.69 Å². The van der Waals surface area contributed by atoms with E-state index in [1.807, 2.05) is 25.1 Å². The van der Waals surface area contributed by atoms with Crippen molar-refractivity contribution in [1.29, 1.82) is 0 Å². The number of amides is 1. The summed E-state index contributed by atoms with van der Waals surface area (Å²) < 4.78 is 0. The van der Waals surface area contributed by atoms with Gasteiger partial charge in [0.2, 0.25) is 11.9 Å². The van der Waals surface area contributed by atoms with Crippen LogP contribution >= 0.6 is 0 Å². The number of carbonyl (C=O) groups is 1. The first kappa shape index (κ1) is 17.4. The maximum atomic E-state index is 12.5. The smallest absolute Gasteiger partial charge is 0.241 e. The van der Waals surface area contributed by atoms with Gasteiger partial charge in [-0.2, -0.15) is 0 Å². The number of benzene rings is 1. The van der Waals surface area contributed by atoms with Crippen LogP contribution in [0.2, 0.25) is 0 Å². The van der Waals surface area contributed by atoms with Crippen LogP contribution in [0.25, 0.3) is 0 Å². The average molecular weight is 339 g/mol. The van der Waals surface area contributed by atoms with Crippen molar-refractivity contribution in [3.05, 3.63) is 48.3 Å². The molecule has 0 aliphatic carbocycles. The van der Waals surface area contributed by atoms with Gasteiger partial charge in [0.25, 0.3) is 0 Å². The van der Waals surface area contributed by atoms with E-state index in [2.05, 4.69) is 44.1 Å². The zero-order chi connectivity index (χ0) is 17.6. The Morgan fingerprint density at radius 2 is 1.76 bits per heavy atom. The van der Waals surface area contributed by atoms with Crippen molar-refractivity contribution < 1.29 is 4.79 Å². The first-order valence-corrected chi connectivity index (χ1v) is 8.83. The molecule has 1 aromatic carbocycles. The molecule has 2 aromatic rings. The molecule has 0 radical (unpaired) electrons. The van der Waals surface area contributed by atoms with Gasteiger partial charge in [0.15, 0.2) is 0 Å². The van der Waals surface area contributed by atoms with E-state index in [0.29, 0.717) is 0 Å². The molecule has 25 heavy (non-hydrogen) atoms. The van der Waals surface area contributed by atoms with Crippen LogP contribution in [0.5, 0.6) is 0 Å². The molecule has 2 heterocycles. The Balaban J connectivity index is 1.52. The number of hydrogen-bond donors (Lipinski definition) is 1. The highest BCUT2D eigenvalue weighted by atomic mass is 16.2. The third-order valence-corrected chi connectivity index (χ3v) is 4.71. The number of hydrogen-bond acceptors (Lipinski definition) is 5. The van der Waals surface area contributed by atoms with E-state index in [0.717, 1.165) is 44.2 Å². The van der Waals surface area contributed by atoms with Crippen molar-refractivity contribution in [2.24, 2.45) is 0 Å². The number of aromatic nitrogens is 2. The van der Waals surface area contributed by atoms with Gasteiger partial charge in [-0.25, -0.2) is 9.97 Å². The standard InChI is InChI=1S/C19H25N5O/c1-3-16-5-7-17(8-6-16)22-18(25)15(2)23-11-13-24(14-12-23)19-20-9-4-10-21-19/h4-10,15H,3,11-14H2,1-2H3,(H,22,25)/t15-/m0/s1. The molecule has 1 atom stereocenters. The molecular formula is C19H25N5O. The molecule has 1 aliphatic heterocycles. The normalized spacial score (nSPS) is 16.5. The Hall–Kier alpha value is -2.47. The topological polar surface area (TPSA) is 61.4 Å². The Kier molecular flexibility index (Phi) is 5.60. The van der Waals surface area contributed by atoms with Crippen LogP contribution in [-0.4, -0.2) is 53.0 Å². The predicted octanol–water partition coefficient (Wildman–Crippen LogP) is 2.19. The summed E-state index contributed by atoms with van der Waals surface area (Å²) in [5.41, 5.74) is 2.12. The van der Waals surface area contributed by atoms with E-state index in [4.69, 9.17) is 0 Å². The van der Waals surface area contributed by atoms with Crippen molar-refractivity contribution in [2.45, 2.75) is 26.3 Å². The number of piperazine rings is 1. The summed E-state index contributed by atoms with van der Waals surface area (Å²) in [6, 6.07) is 9.70. The summed E-state index contributed by atoms with van der Waals surface area (Å²) in [6.45, 7) is 7.38. The molecule has 0 spiro atoms. The van der Waals surface area contributed by atoms with Crippen LogP contribution in [0.15, 0.2) is 42.7 Å². The van der Waals surface area contributed by atoms with E-state index in [-0.39, 0.29) is 11.9 Å². The number of carbonyl (C=O) groups excluding carboxylic acids is 1. The molecule has 1 saturated heterocycles. The molecular weight excluding hydrogens is 314 g/mol. The highest BCUT2D eigenvalue weighted by Crippen LogP contribution is 2.14. The lowest BCUT2D eigenvalue weighted by molar-refractivity contribution is -0.120. The van der Waals surface area contributed by atoms with Gasteiger partial charge >= 0.3 is 0 Å². The van der Waals surface area contributed by atoms with Gasteiger partial charge in [-0.05, 0) is 37.1 Å². The summed E-state index contributed by atoms with van der Waals surface area (Å²) in [7, 11) is 0. The third kappa shape index (κ3) is 4.33. The zero-order valence-electron chi connectivity index (χ0n) is 14.9. The first-order valence-electron chi connectivity index (χ1n) is 8.83. The van der Waals surface area contributed by atoms with Gasteiger partial charge < -0.3 is 10.2 Å². The molecule has 1 fully saturated rings. The van der Waals surface area contributed by atoms with Crippen LogP contribution in [0, 0.1) is 0 Å². The Labute approximate surface area is 148 Å². The molecule has 132 valence electrons. The predicted molar refractivity (Wildman–Crippen MR) is 99.7 cm³/mol. The second kappa shape index (κ2) is 8.07. The van der Waals surface area contributed by atoms with Crippen molar-refractivity contribution in [3.8, 4) is 0 Å². The molecule has 0 unspecified atom stereocenters. The summed E-state index contributed by atoms with van der Waals surface area (Å²) in [5, 5.41) is 3.01. The van der Waals surface area contributed by atoms with Gasteiger partial charge in [0, 0.05) is 44.3 Å². The summed E-state index contributed by atoms with van der Waals surface area (Å²) >= 11 is 0. The number of nitrogens with zero attached hydrogens (tertiary/aromatic N) is 4. The van der Waals surface area contributed by atoms with E-state index in [1.54, 1.807) is 12.4 Å². The molecule has 1 N–H and O–H groups in total. The van der Waals surface area contributed by atoms with Crippen LogP contribution in [-0.2, 0) is 11.2 Å². The van der Waals surface area contributed by atoms with Crippen molar-refractivity contribution in [1.82, 2.24) is 14.9 Å². The average Bonchev–Trinajstić information content (AvgIpc) is 2.69. The summed E-state index contributed by atoms with van der Waals surface area (Å²) in [5.74, 6) is 0.795. The van der Waals surface area contributed by atoms with E-state index >= 15 is 0 Å². The number of rotatable bonds is 5. The molecule has 3 rings (SSSR count). The highest BCUT2D eigenvalue weighted by molar-refractivity contribution is 5.94. The highest BCUT2D eigenvalue weighted by Gasteiger charge is 2.26. The number of aryl methyl sites for hydroxylation is 1. The minimum absolute atomic E-state index is 0.0358. The van der Waals surface area contributed by atoms with Crippen molar-refractivity contribution in [3.63, 3.8) is 0 Å². The molecule has 1 aliphatic rings. The molecule has 0 bridgehead atoms. The van der Waals surface area contributed by atoms with E-state index < -0.39 is 0 Å². The SMILES string of the molecule is CCc1ccc(NC(=O)[C@H](C)N2CCN(c3ncccn3)CC2)cc1. The minimum atomic E-state index is -0.162. The number of anilines is 2. The Bertz CT molecular complexity index is 681. The van der Waals surface area contributed by atoms with E-state index in [9.17, 15) is 4.79 Å². The van der Waals surface area contributed by atoms with Crippen LogP contribution in [0.3, 0.4) is 0 Å². The lowest BCUT2D eigenvalue weighted by Crippen LogP contribution is -2.53.